The van der Waals surface area contributed by atoms with Crippen molar-refractivity contribution in [1.29, 1.82) is 0 Å². The van der Waals surface area contributed by atoms with Gasteiger partial charge in [-0.2, -0.15) is 0 Å². The van der Waals surface area contributed by atoms with E-state index in [0.29, 0.717) is 6.42 Å². The van der Waals surface area contributed by atoms with E-state index >= 15 is 0 Å². The molecule has 0 saturated heterocycles. The van der Waals surface area contributed by atoms with E-state index in [1.165, 1.54) is 6.08 Å². The summed E-state index contributed by atoms with van der Waals surface area (Å²) >= 11 is 0. The molecule has 1 atom stereocenters. The Labute approximate surface area is 84.1 Å². The van der Waals surface area contributed by atoms with Crippen LogP contribution < -0.4 is 0 Å². The van der Waals surface area contributed by atoms with Gasteiger partial charge in [-0.1, -0.05) is 32.6 Å². The number of carboxylic acids is 1. The summed E-state index contributed by atoms with van der Waals surface area (Å²) < 4.78 is 0. The maximum atomic E-state index is 10.2. The zero-order valence-corrected chi connectivity index (χ0v) is 8.48. The molecule has 14 heavy (non-hydrogen) atoms. The normalized spacial score (nSPS) is 13.3. The number of hydrogen-bond donors (Lipinski definition) is 2. The highest BCUT2D eigenvalue weighted by atomic mass is 17.1. The van der Waals surface area contributed by atoms with E-state index in [0.717, 1.165) is 31.8 Å². The summed E-state index contributed by atoms with van der Waals surface area (Å²) in [6.07, 6.45) is 6.81. The van der Waals surface area contributed by atoms with Crippen LogP contribution in [0.5, 0.6) is 0 Å². The lowest BCUT2D eigenvalue weighted by Gasteiger charge is -2.07. The number of carbonyl (C=O) groups is 1. The van der Waals surface area contributed by atoms with Crippen molar-refractivity contribution >= 4 is 5.97 Å². The molecular formula is C10H18O4. The first kappa shape index (κ1) is 13.1. The fourth-order valence-corrected chi connectivity index (χ4v) is 1.15. The highest BCUT2D eigenvalue weighted by Gasteiger charge is 2.04. The average molecular weight is 202 g/mol. The van der Waals surface area contributed by atoms with Crippen LogP contribution in [0.3, 0.4) is 0 Å². The fourth-order valence-electron chi connectivity index (χ4n) is 1.15. The molecule has 0 aliphatic rings. The largest absolute Gasteiger partial charge is 0.478 e. The van der Waals surface area contributed by atoms with E-state index in [1.807, 2.05) is 0 Å². The molecule has 0 aliphatic heterocycles. The van der Waals surface area contributed by atoms with Crippen molar-refractivity contribution in [2.24, 2.45) is 0 Å². The Hall–Kier alpha value is -0.870. The van der Waals surface area contributed by atoms with Crippen molar-refractivity contribution in [3.8, 4) is 0 Å². The molecule has 0 bridgehead atoms. The first-order chi connectivity index (χ1) is 6.70. The number of hydrogen-bond acceptors (Lipinski definition) is 3. The number of aliphatic carboxylic acids is 1. The zero-order valence-electron chi connectivity index (χ0n) is 8.48. The zero-order chi connectivity index (χ0) is 10.8. The standard InChI is InChI=1S/C10H18O4/c1-2-3-4-5-6-9(14-13)7-8-10(11)12/h7-9,13H,2-6H2,1H3,(H,11,12). The Bertz CT molecular complexity index is 177. The molecule has 0 aromatic carbocycles. The van der Waals surface area contributed by atoms with E-state index in [2.05, 4.69) is 11.8 Å². The summed E-state index contributed by atoms with van der Waals surface area (Å²) in [5.41, 5.74) is 0. The van der Waals surface area contributed by atoms with Gasteiger partial charge in [0, 0.05) is 6.08 Å². The van der Waals surface area contributed by atoms with Crippen molar-refractivity contribution in [3.63, 3.8) is 0 Å². The van der Waals surface area contributed by atoms with Crippen LogP contribution in [0.25, 0.3) is 0 Å². The molecule has 4 heteroatoms. The second-order valence-electron chi connectivity index (χ2n) is 3.19. The summed E-state index contributed by atoms with van der Waals surface area (Å²) in [5, 5.41) is 16.8. The van der Waals surface area contributed by atoms with Gasteiger partial charge in [0.05, 0.1) is 0 Å². The first-order valence-electron chi connectivity index (χ1n) is 4.92. The van der Waals surface area contributed by atoms with Gasteiger partial charge in [-0.3, -0.25) is 5.26 Å². The number of carboxylic acid groups (broad SMARTS) is 1. The van der Waals surface area contributed by atoms with Gasteiger partial charge in [0.15, 0.2) is 0 Å². The Morgan fingerprint density at radius 1 is 1.43 bits per heavy atom. The van der Waals surface area contributed by atoms with Crippen LogP contribution in [0.15, 0.2) is 12.2 Å². The van der Waals surface area contributed by atoms with E-state index in [-0.39, 0.29) is 0 Å². The molecule has 0 aromatic heterocycles. The lowest BCUT2D eigenvalue weighted by atomic mass is 10.1. The lowest BCUT2D eigenvalue weighted by Crippen LogP contribution is -2.07. The minimum atomic E-state index is -1.03. The topological polar surface area (TPSA) is 66.8 Å². The van der Waals surface area contributed by atoms with Crippen molar-refractivity contribution in [2.75, 3.05) is 0 Å². The second kappa shape index (κ2) is 8.72. The number of unbranched alkanes of at least 4 members (excludes halogenated alkanes) is 3. The molecule has 0 aliphatic carbocycles. The van der Waals surface area contributed by atoms with Crippen molar-refractivity contribution in [1.82, 2.24) is 0 Å². The van der Waals surface area contributed by atoms with Gasteiger partial charge in [0.2, 0.25) is 0 Å². The average Bonchev–Trinajstić information content (AvgIpc) is 2.16. The second-order valence-corrected chi connectivity index (χ2v) is 3.19. The van der Waals surface area contributed by atoms with Crippen molar-refractivity contribution < 1.29 is 20.0 Å². The molecule has 2 N–H and O–H groups in total. The highest BCUT2D eigenvalue weighted by Crippen LogP contribution is 2.08. The SMILES string of the molecule is CCCCCCC(C=CC(=O)O)OO. The van der Waals surface area contributed by atoms with E-state index in [4.69, 9.17) is 10.4 Å². The highest BCUT2D eigenvalue weighted by molar-refractivity contribution is 5.79. The van der Waals surface area contributed by atoms with Crippen LogP contribution in [0.2, 0.25) is 0 Å². The van der Waals surface area contributed by atoms with Crippen LogP contribution in [0.1, 0.15) is 39.0 Å². The molecule has 0 heterocycles. The summed E-state index contributed by atoms with van der Waals surface area (Å²) in [5.74, 6) is -1.03. The first-order valence-corrected chi connectivity index (χ1v) is 4.92. The maximum absolute atomic E-state index is 10.2. The molecule has 1 unspecified atom stereocenters. The Morgan fingerprint density at radius 2 is 2.14 bits per heavy atom. The third-order valence-corrected chi connectivity index (χ3v) is 1.93. The molecule has 0 rings (SSSR count). The molecular weight excluding hydrogens is 184 g/mol. The Balaban J connectivity index is 3.63. The Kier molecular flexibility index (Phi) is 8.17. The third-order valence-electron chi connectivity index (χ3n) is 1.93. The van der Waals surface area contributed by atoms with Gasteiger partial charge in [-0.15, -0.1) is 0 Å². The molecule has 82 valence electrons. The molecule has 0 radical (unpaired) electrons. The number of rotatable bonds is 8. The van der Waals surface area contributed by atoms with Gasteiger partial charge in [-0.05, 0) is 12.5 Å². The summed E-state index contributed by atoms with van der Waals surface area (Å²) in [6, 6.07) is 0. The van der Waals surface area contributed by atoms with Crippen LogP contribution in [-0.2, 0) is 9.68 Å². The molecule has 0 spiro atoms. The van der Waals surface area contributed by atoms with Crippen LogP contribution in [0, 0.1) is 0 Å². The molecule has 0 amide bonds. The molecule has 0 fully saturated rings. The maximum Gasteiger partial charge on any atom is 0.328 e. The third kappa shape index (κ3) is 7.76. The van der Waals surface area contributed by atoms with Gasteiger partial charge < -0.3 is 5.11 Å². The van der Waals surface area contributed by atoms with Crippen LogP contribution >= 0.6 is 0 Å². The minimum absolute atomic E-state index is 0.497. The fraction of sp³-hybridized carbons (Fsp3) is 0.700. The summed E-state index contributed by atoms with van der Waals surface area (Å²) in [6.45, 7) is 2.12. The van der Waals surface area contributed by atoms with Crippen LogP contribution in [-0.4, -0.2) is 22.4 Å². The van der Waals surface area contributed by atoms with Crippen molar-refractivity contribution in [3.05, 3.63) is 12.2 Å². The quantitative estimate of drug-likeness (QED) is 0.274. The van der Waals surface area contributed by atoms with Gasteiger partial charge in [0.1, 0.15) is 6.10 Å². The van der Waals surface area contributed by atoms with E-state index < -0.39 is 12.1 Å². The van der Waals surface area contributed by atoms with Gasteiger partial charge in [-0.25, -0.2) is 9.68 Å². The van der Waals surface area contributed by atoms with Gasteiger partial charge in [0.25, 0.3) is 0 Å². The van der Waals surface area contributed by atoms with Gasteiger partial charge >= 0.3 is 5.97 Å². The van der Waals surface area contributed by atoms with Crippen molar-refractivity contribution in [2.45, 2.75) is 45.1 Å². The summed E-state index contributed by atoms with van der Waals surface area (Å²) in [4.78, 5) is 14.3. The predicted molar refractivity (Wildman–Crippen MR) is 53.0 cm³/mol. The van der Waals surface area contributed by atoms with E-state index in [1.54, 1.807) is 0 Å². The predicted octanol–water partition coefficient (Wildman–Crippen LogP) is 2.46. The molecule has 0 aromatic rings. The molecule has 4 nitrogen and oxygen atoms in total. The Morgan fingerprint density at radius 3 is 2.64 bits per heavy atom. The van der Waals surface area contributed by atoms with Crippen LogP contribution in [0.4, 0.5) is 0 Å². The minimum Gasteiger partial charge on any atom is -0.478 e. The molecule has 0 saturated carbocycles. The summed E-state index contributed by atoms with van der Waals surface area (Å²) in [7, 11) is 0. The lowest BCUT2D eigenvalue weighted by molar-refractivity contribution is -0.267. The monoisotopic (exact) mass is 202 g/mol. The van der Waals surface area contributed by atoms with E-state index in [9.17, 15) is 4.79 Å². The smallest absolute Gasteiger partial charge is 0.328 e.